The van der Waals surface area contributed by atoms with Gasteiger partial charge in [-0.15, -0.1) is 0 Å². The van der Waals surface area contributed by atoms with E-state index in [1.807, 2.05) is 12.1 Å². The number of hydrogen-bond acceptors (Lipinski definition) is 7. The molecule has 0 aliphatic heterocycles. The largest absolute Gasteiger partial charge is 0.385 e. The third-order valence-corrected chi connectivity index (χ3v) is 6.36. The number of rotatable bonds is 20. The van der Waals surface area contributed by atoms with Crippen molar-refractivity contribution in [1.29, 1.82) is 0 Å². The average molecular weight is 512 g/mol. The van der Waals surface area contributed by atoms with Crippen molar-refractivity contribution >= 4 is 28.4 Å². The molecule has 0 amide bonds. The van der Waals surface area contributed by atoms with E-state index in [4.69, 9.17) is 0 Å². The molecule has 0 aliphatic carbocycles. The average Bonchev–Trinajstić information content (AvgIpc) is 2.90. The molecule has 0 aromatic heterocycles. The summed E-state index contributed by atoms with van der Waals surface area (Å²) in [7, 11) is 0. The van der Waals surface area contributed by atoms with E-state index in [1.54, 1.807) is 12.1 Å². The van der Waals surface area contributed by atoms with E-state index in [9.17, 15) is 20.2 Å². The summed E-state index contributed by atoms with van der Waals surface area (Å²) >= 11 is 0. The van der Waals surface area contributed by atoms with Crippen LogP contribution in [0.3, 0.4) is 0 Å². The first-order chi connectivity index (χ1) is 18.0. The summed E-state index contributed by atoms with van der Waals surface area (Å²) < 4.78 is 0. The summed E-state index contributed by atoms with van der Waals surface area (Å²) in [5.74, 6) is 0. The molecule has 202 valence electrons. The summed E-state index contributed by atoms with van der Waals surface area (Å²) in [4.78, 5) is 20.4. The van der Waals surface area contributed by atoms with Gasteiger partial charge in [0.1, 0.15) is 0 Å². The van der Waals surface area contributed by atoms with Crippen LogP contribution in [-0.2, 0) is 0 Å². The van der Waals surface area contributed by atoms with E-state index in [-0.39, 0.29) is 5.69 Å². The van der Waals surface area contributed by atoms with Crippen LogP contribution in [0, 0.1) is 20.2 Å². The molecule has 0 atom stereocenters. The van der Waals surface area contributed by atoms with Gasteiger partial charge in [-0.2, -0.15) is 10.2 Å². The molecule has 0 bridgehead atoms. The first kappa shape index (κ1) is 29.9. The highest BCUT2D eigenvalue weighted by Gasteiger charge is 2.24. The van der Waals surface area contributed by atoms with Crippen molar-refractivity contribution in [2.24, 2.45) is 10.2 Å². The Kier molecular flexibility index (Phi) is 14.5. The zero-order valence-electron chi connectivity index (χ0n) is 22.1. The fraction of sp³-hybridized carbons (Fsp3) is 0.571. The van der Waals surface area contributed by atoms with Gasteiger partial charge in [0.25, 0.3) is 0 Å². The van der Waals surface area contributed by atoms with Gasteiger partial charge in [-0.05, 0) is 36.8 Å². The number of nitrogens with one attached hydrogen (secondary N) is 1. The topological polar surface area (TPSA) is 123 Å². The van der Waals surface area contributed by atoms with Gasteiger partial charge in [-0.1, -0.05) is 90.4 Å². The van der Waals surface area contributed by atoms with Gasteiger partial charge in [0.15, 0.2) is 0 Å². The molecule has 0 saturated heterocycles. The van der Waals surface area contributed by atoms with Crippen molar-refractivity contribution in [3.8, 4) is 0 Å². The Balaban J connectivity index is 1.57. The van der Waals surface area contributed by atoms with Gasteiger partial charge >= 0.3 is 11.4 Å². The fourth-order valence-corrected chi connectivity index (χ4v) is 4.19. The summed E-state index contributed by atoms with van der Waals surface area (Å²) in [5, 5.41) is 33.4. The number of azo groups is 1. The molecule has 0 radical (unpaired) electrons. The molecule has 0 heterocycles. The Morgan fingerprint density at radius 2 is 1.08 bits per heavy atom. The summed E-state index contributed by atoms with van der Waals surface area (Å²) in [6.45, 7) is 3.19. The van der Waals surface area contributed by atoms with Gasteiger partial charge in [-0.25, -0.2) is 0 Å². The molecular formula is C28H41N5O4. The van der Waals surface area contributed by atoms with E-state index >= 15 is 0 Å². The normalized spacial score (nSPS) is 11.2. The van der Waals surface area contributed by atoms with Crippen molar-refractivity contribution in [1.82, 2.24) is 0 Å². The predicted octanol–water partition coefficient (Wildman–Crippen LogP) is 9.81. The molecule has 0 aliphatic rings. The van der Waals surface area contributed by atoms with Crippen LogP contribution in [0.4, 0.5) is 28.4 Å². The van der Waals surface area contributed by atoms with Crippen LogP contribution in [0.1, 0.15) is 96.8 Å². The lowest BCUT2D eigenvalue weighted by molar-refractivity contribution is -0.422. The van der Waals surface area contributed by atoms with Crippen LogP contribution < -0.4 is 5.32 Å². The van der Waals surface area contributed by atoms with Gasteiger partial charge in [0, 0.05) is 18.3 Å². The van der Waals surface area contributed by atoms with Crippen molar-refractivity contribution < 1.29 is 9.85 Å². The molecule has 2 aromatic rings. The maximum atomic E-state index is 11.1. The van der Waals surface area contributed by atoms with Gasteiger partial charge < -0.3 is 5.32 Å². The number of nitrogens with zero attached hydrogens (tertiary/aromatic N) is 4. The van der Waals surface area contributed by atoms with Crippen LogP contribution in [0.5, 0.6) is 0 Å². The number of anilines is 1. The number of nitro groups is 2. The number of nitro benzene ring substituents is 2. The minimum atomic E-state index is -0.796. The minimum Gasteiger partial charge on any atom is -0.385 e. The lowest BCUT2D eigenvalue weighted by Gasteiger charge is -2.06. The van der Waals surface area contributed by atoms with Crippen molar-refractivity contribution in [3.63, 3.8) is 0 Å². The molecule has 2 aromatic carbocycles. The third-order valence-electron chi connectivity index (χ3n) is 6.36. The van der Waals surface area contributed by atoms with Crippen LogP contribution in [0.25, 0.3) is 0 Å². The van der Waals surface area contributed by atoms with Crippen LogP contribution >= 0.6 is 0 Å². The van der Waals surface area contributed by atoms with Crippen molar-refractivity contribution in [2.45, 2.75) is 96.8 Å². The highest BCUT2D eigenvalue weighted by molar-refractivity contribution is 5.60. The van der Waals surface area contributed by atoms with Crippen molar-refractivity contribution in [3.05, 3.63) is 62.7 Å². The Hall–Kier alpha value is -3.36. The quantitative estimate of drug-likeness (QED) is 0.0819. The molecule has 0 fully saturated rings. The fourth-order valence-electron chi connectivity index (χ4n) is 4.19. The number of hydrogen-bond donors (Lipinski definition) is 1. The summed E-state index contributed by atoms with van der Waals surface area (Å²) in [6, 6.07) is 10.9. The van der Waals surface area contributed by atoms with Gasteiger partial charge in [0.05, 0.1) is 27.3 Å². The Labute approximate surface area is 220 Å². The molecule has 0 saturated carbocycles. The molecule has 0 spiro atoms. The summed E-state index contributed by atoms with van der Waals surface area (Å²) in [5.41, 5.74) is 0.586. The van der Waals surface area contributed by atoms with Crippen LogP contribution in [0.15, 0.2) is 52.7 Å². The van der Waals surface area contributed by atoms with Gasteiger partial charge in [0.2, 0.25) is 0 Å². The second-order valence-electron chi connectivity index (χ2n) is 9.46. The molecule has 0 unspecified atom stereocenters. The number of unbranched alkanes of at least 4 members (excludes halogenated alkanes) is 13. The second-order valence-corrected chi connectivity index (χ2v) is 9.46. The zero-order valence-corrected chi connectivity index (χ0v) is 22.1. The summed E-state index contributed by atoms with van der Waals surface area (Å²) in [6.07, 6.45) is 18.9. The Morgan fingerprint density at radius 1 is 0.622 bits per heavy atom. The standard InChI is InChI=1S/C28H41N5O4/c1-2-3-4-5-6-7-8-9-10-11-12-13-14-15-22-29-24-16-18-25(19-17-24)30-31-26-20-21-27(32(34)35)28(23-26)33(36)37/h16-21,23,29H,2-15,22H2,1H3. The Morgan fingerprint density at radius 3 is 1.59 bits per heavy atom. The van der Waals surface area contributed by atoms with Crippen LogP contribution in [-0.4, -0.2) is 16.4 Å². The lowest BCUT2D eigenvalue weighted by Crippen LogP contribution is -2.00. The molecule has 1 N–H and O–H groups in total. The molecule has 37 heavy (non-hydrogen) atoms. The van der Waals surface area contributed by atoms with E-state index in [2.05, 4.69) is 22.5 Å². The van der Waals surface area contributed by atoms with Crippen LogP contribution in [0.2, 0.25) is 0 Å². The smallest absolute Gasteiger partial charge is 0.348 e. The molecule has 9 nitrogen and oxygen atoms in total. The van der Waals surface area contributed by atoms with Crippen molar-refractivity contribution in [2.75, 3.05) is 11.9 Å². The first-order valence-corrected chi connectivity index (χ1v) is 13.7. The number of benzene rings is 2. The highest BCUT2D eigenvalue weighted by Crippen LogP contribution is 2.31. The predicted molar refractivity (Wildman–Crippen MR) is 149 cm³/mol. The monoisotopic (exact) mass is 511 g/mol. The molecule has 2 rings (SSSR count). The zero-order chi connectivity index (χ0) is 26.7. The van der Waals surface area contributed by atoms with E-state index < -0.39 is 21.2 Å². The molecule has 9 heteroatoms. The van der Waals surface area contributed by atoms with E-state index in [1.165, 1.54) is 89.5 Å². The van der Waals surface area contributed by atoms with E-state index in [0.717, 1.165) is 30.8 Å². The second kappa shape index (κ2) is 18.0. The van der Waals surface area contributed by atoms with Gasteiger partial charge in [-0.3, -0.25) is 20.2 Å². The first-order valence-electron chi connectivity index (χ1n) is 13.7. The molecular weight excluding hydrogens is 470 g/mol. The highest BCUT2D eigenvalue weighted by atomic mass is 16.6. The third kappa shape index (κ3) is 12.4. The minimum absolute atomic E-state index is 0.178. The Bertz CT molecular complexity index is 979. The van der Waals surface area contributed by atoms with E-state index in [0.29, 0.717) is 5.69 Å². The SMILES string of the molecule is CCCCCCCCCCCCCCCCNc1ccc(N=Nc2ccc([N+](=O)[O-])c([N+](=O)[O-])c2)cc1. The maximum Gasteiger partial charge on any atom is 0.348 e. The lowest BCUT2D eigenvalue weighted by atomic mass is 10.0. The maximum absolute atomic E-state index is 11.1.